The third kappa shape index (κ3) is 4.73. The molecule has 0 amide bonds. The second-order valence-corrected chi connectivity index (χ2v) is 14.5. The smallest absolute Gasteiger partial charge is 0.135 e. The van der Waals surface area contributed by atoms with E-state index >= 15 is 0 Å². The fourth-order valence-corrected chi connectivity index (χ4v) is 9.14. The van der Waals surface area contributed by atoms with Crippen LogP contribution in [0.2, 0.25) is 0 Å². The summed E-state index contributed by atoms with van der Waals surface area (Å²) in [6, 6.07) is 53.8. The van der Waals surface area contributed by atoms with Gasteiger partial charge in [0, 0.05) is 41.7 Å². The van der Waals surface area contributed by atoms with E-state index in [1.807, 2.05) is 23.5 Å². The summed E-state index contributed by atoms with van der Waals surface area (Å²) in [5.74, 6) is 0. The molecule has 4 heterocycles. The van der Waals surface area contributed by atoms with Gasteiger partial charge in [0.2, 0.25) is 0 Å². The standard InChI is InChI=1S/C45H31N3O2S/c1-2-9-26(10-3-1)43-46-44(28-17-20-32-31-11-4-6-15-37(31)49-39(32)24-28)48-45(47-43)29-18-21-33-36-23-27(19-22-38(36)50-40(33)25-29)30-13-8-14-35-34-12-5-7-16-41(34)51-42(30)35/h1-25,43-48H. The molecule has 1 aliphatic heterocycles. The van der Waals surface area contributed by atoms with Crippen LogP contribution < -0.4 is 16.0 Å². The maximum atomic E-state index is 6.53. The molecule has 0 spiro atoms. The quantitative estimate of drug-likeness (QED) is 0.173. The molecule has 10 aromatic rings. The van der Waals surface area contributed by atoms with Crippen molar-refractivity contribution in [2.45, 2.75) is 18.5 Å². The van der Waals surface area contributed by atoms with Crippen LogP contribution in [0.25, 0.3) is 75.2 Å². The van der Waals surface area contributed by atoms with Crippen molar-refractivity contribution in [3.63, 3.8) is 0 Å². The normalized spacial score (nSPS) is 18.2. The Morgan fingerprint density at radius 1 is 0.392 bits per heavy atom. The Bertz CT molecular complexity index is 2940. The summed E-state index contributed by atoms with van der Waals surface area (Å²) in [6.07, 6.45) is -0.365. The second-order valence-electron chi connectivity index (χ2n) is 13.4. The summed E-state index contributed by atoms with van der Waals surface area (Å²) in [5, 5.41) is 18.6. The van der Waals surface area contributed by atoms with Gasteiger partial charge in [-0.2, -0.15) is 0 Å². The van der Waals surface area contributed by atoms with Crippen LogP contribution in [0.1, 0.15) is 35.2 Å². The molecule has 0 radical (unpaired) electrons. The minimum atomic E-state index is -0.147. The lowest BCUT2D eigenvalue weighted by Crippen LogP contribution is -2.54. The van der Waals surface area contributed by atoms with E-state index in [9.17, 15) is 0 Å². The molecule has 3 atom stereocenters. The lowest BCUT2D eigenvalue weighted by Gasteiger charge is -2.39. The van der Waals surface area contributed by atoms with Gasteiger partial charge in [-0.25, -0.2) is 0 Å². The van der Waals surface area contributed by atoms with Gasteiger partial charge in [0.05, 0.1) is 18.5 Å². The SMILES string of the molecule is c1ccc(C2NC(c3ccc4c(c3)oc3ccccc34)NC(c3ccc4c(c3)oc3ccc(-c5cccc6c5sc5ccccc56)cc34)N2)cc1. The number of benzene rings is 7. The fourth-order valence-electron chi connectivity index (χ4n) is 7.90. The van der Waals surface area contributed by atoms with E-state index in [1.54, 1.807) is 0 Å². The maximum Gasteiger partial charge on any atom is 0.135 e. The predicted molar refractivity (Wildman–Crippen MR) is 210 cm³/mol. The van der Waals surface area contributed by atoms with Crippen molar-refractivity contribution >= 4 is 75.4 Å². The molecule has 0 saturated carbocycles. The molecule has 0 bridgehead atoms. The van der Waals surface area contributed by atoms with Crippen LogP contribution in [0.15, 0.2) is 160 Å². The molecule has 0 aliphatic carbocycles. The number of thiophene rings is 1. The predicted octanol–water partition coefficient (Wildman–Crippen LogP) is 11.7. The minimum Gasteiger partial charge on any atom is -0.456 e. The van der Waals surface area contributed by atoms with Crippen LogP contribution in [-0.2, 0) is 0 Å². The Morgan fingerprint density at radius 3 is 1.75 bits per heavy atom. The third-order valence-corrected chi connectivity index (χ3v) is 11.6. The van der Waals surface area contributed by atoms with Gasteiger partial charge in [0.1, 0.15) is 22.3 Å². The van der Waals surface area contributed by atoms with Crippen LogP contribution in [-0.4, -0.2) is 0 Å². The van der Waals surface area contributed by atoms with Gasteiger partial charge in [-0.15, -0.1) is 11.3 Å². The Labute approximate surface area is 297 Å². The Balaban J connectivity index is 0.973. The van der Waals surface area contributed by atoms with Crippen molar-refractivity contribution in [3.05, 3.63) is 168 Å². The molecule has 6 heteroatoms. The van der Waals surface area contributed by atoms with E-state index in [-0.39, 0.29) is 18.5 Å². The zero-order valence-corrected chi connectivity index (χ0v) is 28.2. The maximum absolute atomic E-state index is 6.53. The highest BCUT2D eigenvalue weighted by molar-refractivity contribution is 7.26. The van der Waals surface area contributed by atoms with Crippen molar-refractivity contribution in [2.24, 2.45) is 0 Å². The summed E-state index contributed by atoms with van der Waals surface area (Å²) >= 11 is 1.86. The van der Waals surface area contributed by atoms with Crippen molar-refractivity contribution < 1.29 is 8.83 Å². The molecule has 51 heavy (non-hydrogen) atoms. The number of furan rings is 2. The zero-order valence-electron chi connectivity index (χ0n) is 27.4. The average molecular weight is 678 g/mol. The van der Waals surface area contributed by atoms with Crippen LogP contribution in [0.5, 0.6) is 0 Å². The number of hydrogen-bond donors (Lipinski definition) is 3. The molecule has 3 N–H and O–H groups in total. The van der Waals surface area contributed by atoms with Gasteiger partial charge in [0.25, 0.3) is 0 Å². The number of nitrogens with one attached hydrogen (secondary N) is 3. The highest BCUT2D eigenvalue weighted by Crippen LogP contribution is 2.42. The second kappa shape index (κ2) is 11.4. The van der Waals surface area contributed by atoms with Crippen molar-refractivity contribution in [1.82, 2.24) is 16.0 Å². The average Bonchev–Trinajstić information content (AvgIpc) is 3.88. The topological polar surface area (TPSA) is 62.4 Å². The number of fused-ring (bicyclic) bond motifs is 9. The molecular formula is C45H31N3O2S. The first-order valence-electron chi connectivity index (χ1n) is 17.3. The molecule has 5 nitrogen and oxygen atoms in total. The fraction of sp³-hybridized carbons (Fsp3) is 0.0667. The molecule has 1 aliphatic rings. The molecule has 11 rings (SSSR count). The molecule has 1 fully saturated rings. The molecule has 1 saturated heterocycles. The molecule has 3 unspecified atom stereocenters. The lowest BCUT2D eigenvalue weighted by molar-refractivity contribution is 0.203. The van der Waals surface area contributed by atoms with Gasteiger partial charge >= 0.3 is 0 Å². The molecular weight excluding hydrogens is 647 g/mol. The largest absolute Gasteiger partial charge is 0.456 e. The van der Waals surface area contributed by atoms with Crippen LogP contribution in [0.4, 0.5) is 0 Å². The number of rotatable bonds is 4. The summed E-state index contributed by atoms with van der Waals surface area (Å²) in [7, 11) is 0. The number of hydrogen-bond acceptors (Lipinski definition) is 6. The Morgan fingerprint density at radius 2 is 0.980 bits per heavy atom. The van der Waals surface area contributed by atoms with Gasteiger partial charge in [0.15, 0.2) is 0 Å². The van der Waals surface area contributed by atoms with E-state index in [0.717, 1.165) is 55.0 Å². The summed E-state index contributed by atoms with van der Waals surface area (Å²) in [4.78, 5) is 0. The molecule has 7 aromatic carbocycles. The lowest BCUT2D eigenvalue weighted by atomic mass is 10.00. The zero-order chi connectivity index (χ0) is 33.5. The van der Waals surface area contributed by atoms with E-state index in [4.69, 9.17) is 8.83 Å². The third-order valence-electron chi connectivity index (χ3n) is 10.4. The van der Waals surface area contributed by atoms with Crippen LogP contribution >= 0.6 is 11.3 Å². The molecule has 244 valence electrons. The monoisotopic (exact) mass is 677 g/mol. The first-order valence-corrected chi connectivity index (χ1v) is 18.2. The first kappa shape index (κ1) is 29.0. The van der Waals surface area contributed by atoms with Crippen molar-refractivity contribution in [1.29, 1.82) is 0 Å². The van der Waals surface area contributed by atoms with Gasteiger partial charge < -0.3 is 8.83 Å². The van der Waals surface area contributed by atoms with Gasteiger partial charge in [-0.3, -0.25) is 16.0 Å². The first-order chi connectivity index (χ1) is 25.2. The van der Waals surface area contributed by atoms with E-state index < -0.39 is 0 Å². The van der Waals surface area contributed by atoms with Crippen molar-refractivity contribution in [3.8, 4) is 11.1 Å². The summed E-state index contributed by atoms with van der Waals surface area (Å²) in [5.41, 5.74) is 9.39. The van der Waals surface area contributed by atoms with Crippen molar-refractivity contribution in [2.75, 3.05) is 0 Å². The highest BCUT2D eigenvalue weighted by atomic mass is 32.1. The summed E-state index contributed by atoms with van der Waals surface area (Å²) in [6.45, 7) is 0. The number of para-hydroxylation sites is 1. The van der Waals surface area contributed by atoms with E-state index in [1.165, 1.54) is 36.9 Å². The summed E-state index contributed by atoms with van der Waals surface area (Å²) < 4.78 is 15.4. The highest BCUT2D eigenvalue weighted by Gasteiger charge is 2.30. The Kier molecular flexibility index (Phi) is 6.48. The van der Waals surface area contributed by atoms with Gasteiger partial charge in [-0.1, -0.05) is 115 Å². The Hall–Kier alpha value is -5.76. The van der Waals surface area contributed by atoms with E-state index in [2.05, 4.69) is 155 Å². The van der Waals surface area contributed by atoms with Crippen LogP contribution in [0, 0.1) is 0 Å². The van der Waals surface area contributed by atoms with Crippen LogP contribution in [0.3, 0.4) is 0 Å². The van der Waals surface area contributed by atoms with Gasteiger partial charge in [-0.05, 0) is 64.2 Å². The van der Waals surface area contributed by atoms with E-state index in [0.29, 0.717) is 0 Å². The minimum absolute atomic E-state index is 0.0839. The molecule has 3 aromatic heterocycles.